The lowest BCUT2D eigenvalue weighted by molar-refractivity contribution is -0.216. The van der Waals surface area contributed by atoms with E-state index in [1.807, 2.05) is 0 Å². The molecule has 0 fully saturated rings. The van der Waals surface area contributed by atoms with E-state index in [0.29, 0.717) is 5.69 Å². The second kappa shape index (κ2) is 6.56. The van der Waals surface area contributed by atoms with E-state index in [1.54, 1.807) is 30.3 Å². The quantitative estimate of drug-likeness (QED) is 0.730. The van der Waals surface area contributed by atoms with Crippen molar-refractivity contribution in [3.8, 4) is 0 Å². The predicted octanol–water partition coefficient (Wildman–Crippen LogP) is 5.64. The molecule has 1 unspecified atom stereocenters. The molecule has 0 amide bonds. The van der Waals surface area contributed by atoms with Gasteiger partial charge in [-0.05, 0) is 24.3 Å². The van der Waals surface area contributed by atoms with Gasteiger partial charge in [0.15, 0.2) is 0 Å². The van der Waals surface area contributed by atoms with Gasteiger partial charge in [0.25, 0.3) is 0 Å². The summed E-state index contributed by atoms with van der Waals surface area (Å²) >= 11 is 11.6. The van der Waals surface area contributed by atoms with Crippen molar-refractivity contribution in [1.82, 2.24) is 0 Å². The fourth-order valence-corrected chi connectivity index (χ4v) is 2.28. The summed E-state index contributed by atoms with van der Waals surface area (Å²) in [4.78, 5) is 4.80. The van der Waals surface area contributed by atoms with Crippen LogP contribution in [0.2, 0.25) is 10.0 Å². The Labute approximate surface area is 129 Å². The number of anilines is 1. The first-order valence-electron chi connectivity index (χ1n) is 5.87. The fourth-order valence-electron chi connectivity index (χ4n) is 1.68. The van der Waals surface area contributed by atoms with Gasteiger partial charge in [-0.25, -0.2) is 0 Å². The molecule has 0 aromatic heterocycles. The van der Waals surface area contributed by atoms with E-state index in [1.165, 1.54) is 18.2 Å². The second-order valence-corrected chi connectivity index (χ2v) is 4.96. The first-order chi connectivity index (χ1) is 9.89. The normalized spacial score (nSPS) is 13.0. The first kappa shape index (κ1) is 15.9. The monoisotopic (exact) mass is 335 g/mol. The van der Waals surface area contributed by atoms with Gasteiger partial charge < -0.3 is 0 Å². The van der Waals surface area contributed by atoms with Crippen molar-refractivity contribution in [1.29, 1.82) is 0 Å². The number of para-hydroxylation sites is 1. The molecular formula is C14H10Cl2F3NO. The van der Waals surface area contributed by atoms with Crippen LogP contribution in [0.4, 0.5) is 18.9 Å². The molecule has 0 saturated heterocycles. The van der Waals surface area contributed by atoms with Crippen LogP contribution in [0.25, 0.3) is 0 Å². The van der Waals surface area contributed by atoms with Gasteiger partial charge in [-0.2, -0.15) is 13.2 Å². The molecule has 0 radical (unpaired) electrons. The highest BCUT2D eigenvalue weighted by Gasteiger charge is 2.44. The third-order valence-corrected chi connectivity index (χ3v) is 3.29. The molecule has 2 rings (SSSR count). The van der Waals surface area contributed by atoms with Gasteiger partial charge in [-0.1, -0.05) is 47.5 Å². The molecule has 7 heteroatoms. The number of nitrogens with one attached hydrogen (secondary N) is 1. The Morgan fingerprint density at radius 3 is 2.00 bits per heavy atom. The summed E-state index contributed by atoms with van der Waals surface area (Å²) in [6, 6.07) is 12.3. The number of rotatable bonds is 4. The summed E-state index contributed by atoms with van der Waals surface area (Å²) in [6.45, 7) is 0. The molecule has 0 bridgehead atoms. The highest BCUT2D eigenvalue weighted by Crippen LogP contribution is 2.42. The Bertz CT molecular complexity index is 585. The van der Waals surface area contributed by atoms with E-state index < -0.39 is 12.3 Å². The minimum absolute atomic E-state index is 0.111. The molecule has 2 aromatic carbocycles. The van der Waals surface area contributed by atoms with Crippen molar-refractivity contribution >= 4 is 28.9 Å². The summed E-state index contributed by atoms with van der Waals surface area (Å²) < 4.78 is 39.6. The van der Waals surface area contributed by atoms with Crippen LogP contribution in [0, 0.1) is 0 Å². The van der Waals surface area contributed by atoms with E-state index in [2.05, 4.69) is 5.48 Å². The van der Waals surface area contributed by atoms with Crippen molar-refractivity contribution in [3.63, 3.8) is 0 Å². The van der Waals surface area contributed by atoms with Crippen LogP contribution in [-0.4, -0.2) is 6.18 Å². The predicted molar refractivity (Wildman–Crippen MR) is 76.4 cm³/mol. The van der Waals surface area contributed by atoms with E-state index in [0.717, 1.165) is 0 Å². The molecule has 0 saturated carbocycles. The third-order valence-electron chi connectivity index (χ3n) is 2.63. The van der Waals surface area contributed by atoms with Crippen LogP contribution in [0.1, 0.15) is 11.7 Å². The maximum atomic E-state index is 13.2. The summed E-state index contributed by atoms with van der Waals surface area (Å²) in [5.41, 5.74) is 2.33. The van der Waals surface area contributed by atoms with Crippen LogP contribution in [0.5, 0.6) is 0 Å². The summed E-state index contributed by atoms with van der Waals surface area (Å²) in [5, 5.41) is -0.223. The van der Waals surface area contributed by atoms with E-state index in [-0.39, 0.29) is 15.6 Å². The number of hydrogen-bond donors (Lipinski definition) is 1. The fraction of sp³-hybridized carbons (Fsp3) is 0.143. The van der Waals surface area contributed by atoms with Gasteiger partial charge in [-0.3, -0.25) is 10.3 Å². The zero-order valence-corrected chi connectivity index (χ0v) is 12.0. The van der Waals surface area contributed by atoms with Gasteiger partial charge in [0.2, 0.25) is 6.10 Å². The lowest BCUT2D eigenvalue weighted by Crippen LogP contribution is -2.26. The van der Waals surface area contributed by atoms with Crippen molar-refractivity contribution < 1.29 is 18.0 Å². The molecule has 0 heterocycles. The maximum absolute atomic E-state index is 13.2. The summed E-state index contributed by atoms with van der Waals surface area (Å²) in [5.74, 6) is 0. The molecule has 0 aliphatic rings. The molecule has 1 N–H and O–H groups in total. The number of hydrogen-bond acceptors (Lipinski definition) is 2. The third kappa shape index (κ3) is 4.03. The Hall–Kier alpha value is -1.43. The lowest BCUT2D eigenvalue weighted by Gasteiger charge is -2.23. The first-order valence-corrected chi connectivity index (χ1v) is 6.62. The molecular weight excluding hydrogens is 326 g/mol. The van der Waals surface area contributed by atoms with E-state index >= 15 is 0 Å². The number of alkyl halides is 3. The Morgan fingerprint density at radius 1 is 0.905 bits per heavy atom. The zero-order valence-electron chi connectivity index (χ0n) is 10.5. The average molecular weight is 336 g/mol. The highest BCUT2D eigenvalue weighted by molar-refractivity contribution is 6.36. The van der Waals surface area contributed by atoms with Crippen LogP contribution in [0.15, 0.2) is 48.5 Å². The highest BCUT2D eigenvalue weighted by atomic mass is 35.5. The summed E-state index contributed by atoms with van der Waals surface area (Å²) in [7, 11) is 0. The summed E-state index contributed by atoms with van der Waals surface area (Å²) in [6.07, 6.45) is -6.95. The second-order valence-electron chi connectivity index (χ2n) is 4.14. The van der Waals surface area contributed by atoms with Gasteiger partial charge >= 0.3 is 6.18 Å². The smallest absolute Gasteiger partial charge is 0.266 e. The van der Waals surface area contributed by atoms with Crippen LogP contribution in [0.3, 0.4) is 0 Å². The van der Waals surface area contributed by atoms with Gasteiger partial charge in [0, 0.05) is 15.6 Å². The van der Waals surface area contributed by atoms with Crippen molar-refractivity contribution in [2.24, 2.45) is 0 Å². The zero-order chi connectivity index (χ0) is 15.5. The molecule has 0 spiro atoms. The molecule has 21 heavy (non-hydrogen) atoms. The minimum atomic E-state index is -4.67. The largest absolute Gasteiger partial charge is 0.421 e. The molecule has 112 valence electrons. The van der Waals surface area contributed by atoms with Gasteiger partial charge in [-0.15, -0.1) is 0 Å². The Balaban J connectivity index is 2.28. The molecule has 2 aromatic rings. The van der Waals surface area contributed by atoms with Crippen LogP contribution < -0.4 is 5.48 Å². The van der Waals surface area contributed by atoms with Crippen LogP contribution in [-0.2, 0) is 4.84 Å². The Morgan fingerprint density at radius 2 is 1.48 bits per heavy atom. The number of halogens is 5. The molecule has 2 nitrogen and oxygen atoms in total. The number of benzene rings is 2. The van der Waals surface area contributed by atoms with E-state index in [4.69, 9.17) is 28.0 Å². The van der Waals surface area contributed by atoms with Crippen molar-refractivity contribution in [2.75, 3.05) is 5.48 Å². The standard InChI is InChI=1S/C14H10Cl2F3NO/c15-10-7-4-8-11(16)12(10)13(14(17,18)19)21-20-9-5-2-1-3-6-9/h1-8,13,20H. The van der Waals surface area contributed by atoms with Crippen molar-refractivity contribution in [3.05, 3.63) is 64.1 Å². The maximum Gasteiger partial charge on any atom is 0.421 e. The van der Waals surface area contributed by atoms with Gasteiger partial charge in [0.05, 0.1) is 5.69 Å². The molecule has 1 atom stereocenters. The minimum Gasteiger partial charge on any atom is -0.266 e. The molecule has 0 aliphatic carbocycles. The van der Waals surface area contributed by atoms with Gasteiger partial charge in [0.1, 0.15) is 0 Å². The topological polar surface area (TPSA) is 21.3 Å². The lowest BCUT2D eigenvalue weighted by atomic mass is 10.1. The SMILES string of the molecule is FC(F)(F)C(ONc1ccccc1)c1c(Cl)cccc1Cl. The Kier molecular flexibility index (Phi) is 4.98. The average Bonchev–Trinajstić information content (AvgIpc) is 2.42. The molecule has 0 aliphatic heterocycles. The van der Waals surface area contributed by atoms with Crippen molar-refractivity contribution in [2.45, 2.75) is 12.3 Å². The van der Waals surface area contributed by atoms with Crippen LogP contribution >= 0.6 is 23.2 Å². The van der Waals surface area contributed by atoms with E-state index in [9.17, 15) is 13.2 Å².